The fraction of sp³-hybridized carbons (Fsp3) is 0.312. The number of amides is 2. The summed E-state index contributed by atoms with van der Waals surface area (Å²) in [7, 11) is 0. The van der Waals surface area contributed by atoms with Crippen molar-refractivity contribution in [3.05, 3.63) is 52.8 Å². The average molecular weight is 333 g/mol. The molecular weight excluding hydrogens is 316 g/mol. The first kappa shape index (κ1) is 15.6. The Morgan fingerprint density at radius 2 is 1.70 bits per heavy atom. The summed E-state index contributed by atoms with van der Waals surface area (Å²) in [5, 5.41) is 7.12. The van der Waals surface area contributed by atoms with Crippen molar-refractivity contribution in [2.75, 3.05) is 26.2 Å². The van der Waals surface area contributed by atoms with Crippen molar-refractivity contribution in [1.82, 2.24) is 20.0 Å². The van der Waals surface area contributed by atoms with Gasteiger partial charge < -0.3 is 9.80 Å². The maximum atomic E-state index is 12.3. The lowest BCUT2D eigenvalue weighted by molar-refractivity contribution is -0.131. The highest BCUT2D eigenvalue weighted by Gasteiger charge is 2.25. The van der Waals surface area contributed by atoms with E-state index >= 15 is 0 Å². The van der Waals surface area contributed by atoms with Gasteiger partial charge >= 0.3 is 0 Å². The van der Waals surface area contributed by atoms with Gasteiger partial charge in [-0.3, -0.25) is 14.7 Å². The third kappa shape index (κ3) is 3.71. The predicted octanol–water partition coefficient (Wildman–Crippen LogP) is 1.59. The van der Waals surface area contributed by atoms with Gasteiger partial charge in [-0.1, -0.05) is 23.7 Å². The summed E-state index contributed by atoms with van der Waals surface area (Å²) in [4.78, 5) is 28.1. The van der Waals surface area contributed by atoms with Crippen LogP contribution in [0.25, 0.3) is 0 Å². The molecule has 0 spiro atoms. The number of benzene rings is 1. The predicted molar refractivity (Wildman–Crippen MR) is 86.2 cm³/mol. The number of hydrogen-bond acceptors (Lipinski definition) is 3. The van der Waals surface area contributed by atoms with E-state index in [0.717, 1.165) is 5.56 Å². The third-order valence-electron chi connectivity index (χ3n) is 3.92. The molecular formula is C16H17ClN4O2. The molecule has 2 heterocycles. The van der Waals surface area contributed by atoms with Gasteiger partial charge in [-0.25, -0.2) is 0 Å². The van der Waals surface area contributed by atoms with Crippen LogP contribution in [0.5, 0.6) is 0 Å². The van der Waals surface area contributed by atoms with Crippen molar-refractivity contribution in [3.8, 4) is 0 Å². The van der Waals surface area contributed by atoms with E-state index in [4.69, 9.17) is 11.6 Å². The van der Waals surface area contributed by atoms with Crippen LogP contribution >= 0.6 is 11.6 Å². The fourth-order valence-corrected chi connectivity index (χ4v) is 2.72. The number of aromatic nitrogens is 2. The fourth-order valence-electron chi connectivity index (χ4n) is 2.59. The van der Waals surface area contributed by atoms with Crippen molar-refractivity contribution in [2.24, 2.45) is 0 Å². The second-order valence-corrected chi connectivity index (χ2v) is 5.88. The number of nitrogens with one attached hydrogen (secondary N) is 1. The lowest BCUT2D eigenvalue weighted by atomic mass is 10.1. The van der Waals surface area contributed by atoms with Gasteiger partial charge in [0.1, 0.15) is 5.69 Å². The number of carbonyl (C=O) groups excluding carboxylic acids is 2. The summed E-state index contributed by atoms with van der Waals surface area (Å²) >= 11 is 5.85. The maximum Gasteiger partial charge on any atom is 0.271 e. The van der Waals surface area contributed by atoms with E-state index in [1.54, 1.807) is 34.2 Å². The molecule has 1 aliphatic rings. The molecule has 0 saturated carbocycles. The molecule has 0 unspecified atom stereocenters. The lowest BCUT2D eigenvalue weighted by Crippen LogP contribution is -2.51. The quantitative estimate of drug-likeness (QED) is 0.928. The standard InChI is InChI=1S/C16H17ClN4O2/c17-13-3-1-12(2-4-13)11-15(22)20-7-9-21(10-8-20)16(23)14-5-6-18-19-14/h1-6H,7-11H2,(H,18,19). The third-order valence-corrected chi connectivity index (χ3v) is 4.17. The van der Waals surface area contributed by atoms with Crippen molar-refractivity contribution >= 4 is 23.4 Å². The number of rotatable bonds is 3. The lowest BCUT2D eigenvalue weighted by Gasteiger charge is -2.34. The first-order valence-electron chi connectivity index (χ1n) is 7.44. The Labute approximate surface area is 139 Å². The minimum atomic E-state index is -0.0766. The van der Waals surface area contributed by atoms with E-state index in [1.165, 1.54) is 0 Å². The highest BCUT2D eigenvalue weighted by Crippen LogP contribution is 2.12. The Bertz CT molecular complexity index is 677. The van der Waals surface area contributed by atoms with E-state index in [0.29, 0.717) is 43.3 Å². The highest BCUT2D eigenvalue weighted by atomic mass is 35.5. The van der Waals surface area contributed by atoms with Gasteiger partial charge in [-0.2, -0.15) is 5.10 Å². The molecule has 7 heteroatoms. The molecule has 120 valence electrons. The molecule has 1 aliphatic heterocycles. The number of halogens is 1. The van der Waals surface area contributed by atoms with Crippen LogP contribution in [0.2, 0.25) is 5.02 Å². The van der Waals surface area contributed by atoms with Crippen LogP contribution in [-0.2, 0) is 11.2 Å². The molecule has 23 heavy (non-hydrogen) atoms. The second-order valence-electron chi connectivity index (χ2n) is 5.45. The number of hydrogen-bond donors (Lipinski definition) is 1. The number of carbonyl (C=O) groups is 2. The van der Waals surface area contributed by atoms with E-state index in [-0.39, 0.29) is 11.8 Å². The molecule has 0 bridgehead atoms. The molecule has 1 N–H and O–H groups in total. The first-order valence-corrected chi connectivity index (χ1v) is 7.82. The molecule has 0 radical (unpaired) electrons. The van der Waals surface area contributed by atoms with E-state index in [9.17, 15) is 9.59 Å². The van der Waals surface area contributed by atoms with Gasteiger partial charge in [-0.05, 0) is 23.8 Å². The molecule has 0 aliphatic carbocycles. The Balaban J connectivity index is 1.53. The van der Waals surface area contributed by atoms with Crippen LogP contribution in [0.1, 0.15) is 16.1 Å². The monoisotopic (exact) mass is 332 g/mol. The minimum Gasteiger partial charge on any atom is -0.339 e. The van der Waals surface area contributed by atoms with E-state index in [1.807, 2.05) is 12.1 Å². The second kappa shape index (κ2) is 6.83. The number of H-pyrrole nitrogens is 1. The van der Waals surface area contributed by atoms with Crippen molar-refractivity contribution in [3.63, 3.8) is 0 Å². The van der Waals surface area contributed by atoms with Gasteiger partial charge in [-0.15, -0.1) is 0 Å². The molecule has 1 fully saturated rings. The van der Waals surface area contributed by atoms with Gasteiger partial charge in [0.25, 0.3) is 5.91 Å². The van der Waals surface area contributed by atoms with Crippen LogP contribution in [-0.4, -0.2) is 58.0 Å². The van der Waals surface area contributed by atoms with Crippen LogP contribution < -0.4 is 0 Å². The summed E-state index contributed by atoms with van der Waals surface area (Å²) in [6, 6.07) is 8.94. The molecule has 2 amide bonds. The van der Waals surface area contributed by atoms with Gasteiger partial charge in [0.05, 0.1) is 6.42 Å². The van der Waals surface area contributed by atoms with Crippen molar-refractivity contribution in [2.45, 2.75) is 6.42 Å². The highest BCUT2D eigenvalue weighted by molar-refractivity contribution is 6.30. The van der Waals surface area contributed by atoms with Crippen molar-refractivity contribution < 1.29 is 9.59 Å². The summed E-state index contributed by atoms with van der Waals surface area (Å²) < 4.78 is 0. The van der Waals surface area contributed by atoms with Crippen LogP contribution in [0.4, 0.5) is 0 Å². The zero-order valence-corrected chi connectivity index (χ0v) is 13.3. The zero-order valence-electron chi connectivity index (χ0n) is 12.5. The van der Waals surface area contributed by atoms with Gasteiger partial charge in [0.2, 0.25) is 5.91 Å². The molecule has 2 aromatic rings. The smallest absolute Gasteiger partial charge is 0.271 e. The normalized spacial score (nSPS) is 14.8. The van der Waals surface area contributed by atoms with Crippen molar-refractivity contribution in [1.29, 1.82) is 0 Å². The summed E-state index contributed by atoms with van der Waals surface area (Å²) in [5.74, 6) is -0.00624. The zero-order chi connectivity index (χ0) is 16.2. The van der Waals surface area contributed by atoms with Gasteiger partial charge in [0.15, 0.2) is 0 Å². The maximum absolute atomic E-state index is 12.3. The van der Waals surface area contributed by atoms with E-state index < -0.39 is 0 Å². The topological polar surface area (TPSA) is 69.3 Å². The Hall–Kier alpha value is -2.34. The molecule has 1 aromatic carbocycles. The first-order chi connectivity index (χ1) is 11.1. The number of nitrogens with zero attached hydrogens (tertiary/aromatic N) is 3. The molecule has 1 saturated heterocycles. The van der Waals surface area contributed by atoms with Crippen LogP contribution in [0, 0.1) is 0 Å². The molecule has 0 atom stereocenters. The summed E-state index contributed by atoms with van der Waals surface area (Å²) in [6.45, 7) is 2.16. The summed E-state index contributed by atoms with van der Waals surface area (Å²) in [5.41, 5.74) is 1.42. The molecule has 1 aromatic heterocycles. The Morgan fingerprint density at radius 3 is 2.30 bits per heavy atom. The van der Waals surface area contributed by atoms with E-state index in [2.05, 4.69) is 10.2 Å². The largest absolute Gasteiger partial charge is 0.339 e. The SMILES string of the molecule is O=C(Cc1ccc(Cl)cc1)N1CCN(C(=O)c2ccn[nH]2)CC1. The minimum absolute atomic E-state index is 0.0703. The Kier molecular flexibility index (Phi) is 4.62. The van der Waals surface area contributed by atoms with Crippen LogP contribution in [0.15, 0.2) is 36.5 Å². The molecule has 6 nitrogen and oxygen atoms in total. The van der Waals surface area contributed by atoms with Crippen LogP contribution in [0.3, 0.4) is 0 Å². The molecule has 3 rings (SSSR count). The number of aromatic amines is 1. The average Bonchev–Trinajstić information content (AvgIpc) is 3.11. The Morgan fingerprint density at radius 1 is 1.04 bits per heavy atom. The number of piperazine rings is 1. The summed E-state index contributed by atoms with van der Waals surface area (Å²) in [6.07, 6.45) is 1.91. The van der Waals surface area contributed by atoms with Gasteiger partial charge in [0, 0.05) is 37.4 Å².